The van der Waals surface area contributed by atoms with Gasteiger partial charge in [0.05, 0.1) is 5.69 Å². The van der Waals surface area contributed by atoms with Crippen molar-refractivity contribution in [2.75, 3.05) is 4.90 Å². The lowest BCUT2D eigenvalue weighted by Crippen LogP contribution is -2.12. The molecule has 1 nitrogen and oxygen atoms in total. The van der Waals surface area contributed by atoms with Gasteiger partial charge in [-0.15, -0.1) is 0 Å². The van der Waals surface area contributed by atoms with Crippen LogP contribution in [0.3, 0.4) is 0 Å². The molecule has 0 aromatic heterocycles. The number of benzene rings is 9. The first-order valence-electron chi connectivity index (χ1n) is 18.2. The Balaban J connectivity index is 1.30. The Morgan fingerprint density at radius 1 is 0.226 bits per heavy atom. The van der Waals surface area contributed by atoms with Gasteiger partial charge in [0.25, 0.3) is 0 Å². The maximum absolute atomic E-state index is 2.44. The van der Waals surface area contributed by atoms with Crippen molar-refractivity contribution < 1.29 is 0 Å². The van der Waals surface area contributed by atoms with E-state index in [1.807, 2.05) is 0 Å². The fraction of sp³-hybridized carbons (Fsp3) is 0. The molecule has 0 aliphatic heterocycles. The van der Waals surface area contributed by atoms with Gasteiger partial charge in [0.15, 0.2) is 0 Å². The highest BCUT2D eigenvalue weighted by Gasteiger charge is 2.21. The molecular weight excluding hydrogens is 639 g/mol. The van der Waals surface area contributed by atoms with E-state index in [4.69, 9.17) is 0 Å². The molecule has 0 atom stereocenters. The van der Waals surface area contributed by atoms with E-state index in [9.17, 15) is 0 Å². The molecule has 0 unspecified atom stereocenters. The van der Waals surface area contributed by atoms with E-state index < -0.39 is 0 Å². The van der Waals surface area contributed by atoms with Crippen molar-refractivity contribution in [1.29, 1.82) is 0 Å². The molecule has 250 valence electrons. The van der Waals surface area contributed by atoms with Crippen LogP contribution in [0.1, 0.15) is 0 Å². The molecule has 0 fully saturated rings. The average molecular weight is 676 g/mol. The summed E-state index contributed by atoms with van der Waals surface area (Å²) in [6.07, 6.45) is 0. The van der Waals surface area contributed by atoms with E-state index in [1.54, 1.807) is 0 Å². The molecule has 0 aliphatic rings. The number of anilines is 3. The van der Waals surface area contributed by atoms with E-state index in [1.165, 1.54) is 60.8 Å². The minimum Gasteiger partial charge on any atom is -0.310 e. The zero-order valence-electron chi connectivity index (χ0n) is 29.3. The van der Waals surface area contributed by atoms with Gasteiger partial charge in [-0.3, -0.25) is 0 Å². The smallest absolute Gasteiger partial charge is 0.0540 e. The Labute approximate surface area is 311 Å². The van der Waals surface area contributed by atoms with Crippen LogP contribution in [0.4, 0.5) is 17.1 Å². The summed E-state index contributed by atoms with van der Waals surface area (Å²) in [5.41, 5.74) is 15.2. The summed E-state index contributed by atoms with van der Waals surface area (Å²) < 4.78 is 0. The molecule has 0 amide bonds. The van der Waals surface area contributed by atoms with Crippen molar-refractivity contribution in [3.8, 4) is 55.6 Å². The fourth-order valence-electron chi connectivity index (χ4n) is 7.51. The van der Waals surface area contributed by atoms with Crippen molar-refractivity contribution in [2.45, 2.75) is 0 Å². The van der Waals surface area contributed by atoms with Crippen LogP contribution < -0.4 is 4.90 Å². The molecule has 0 spiro atoms. The third kappa shape index (κ3) is 6.42. The molecule has 9 aromatic carbocycles. The summed E-state index contributed by atoms with van der Waals surface area (Å²) in [5, 5.41) is 2.42. The predicted molar refractivity (Wildman–Crippen MR) is 226 cm³/mol. The van der Waals surface area contributed by atoms with Crippen LogP contribution >= 0.6 is 0 Å². The van der Waals surface area contributed by atoms with Crippen molar-refractivity contribution >= 4 is 27.8 Å². The second kappa shape index (κ2) is 14.3. The van der Waals surface area contributed by atoms with Crippen molar-refractivity contribution in [3.63, 3.8) is 0 Å². The standard InChI is InChI=1S/C52H37N/c1-4-18-38(19-5-1)43-34-44(39-20-6-2-7-21-39)37-46(36-43)53(45-33-32-40-22-10-11-25-42(40)35-45)52-31-17-16-30-51(52)50-29-15-14-28-49(50)48-27-13-12-26-47(48)41-23-8-3-9-24-41/h1-37H. The van der Waals surface area contributed by atoms with E-state index >= 15 is 0 Å². The Hall–Kier alpha value is -6.96. The van der Waals surface area contributed by atoms with E-state index in [0.717, 1.165) is 22.6 Å². The molecule has 0 N–H and O–H groups in total. The van der Waals surface area contributed by atoms with Gasteiger partial charge in [0.2, 0.25) is 0 Å². The topological polar surface area (TPSA) is 3.24 Å². The van der Waals surface area contributed by atoms with Crippen LogP contribution in [0.25, 0.3) is 66.4 Å². The minimum atomic E-state index is 1.09. The molecule has 0 saturated carbocycles. The van der Waals surface area contributed by atoms with Crippen molar-refractivity contribution in [1.82, 2.24) is 0 Å². The van der Waals surface area contributed by atoms with Gasteiger partial charge < -0.3 is 4.90 Å². The van der Waals surface area contributed by atoms with Crippen LogP contribution in [-0.4, -0.2) is 0 Å². The van der Waals surface area contributed by atoms with Gasteiger partial charge >= 0.3 is 0 Å². The quantitative estimate of drug-likeness (QED) is 0.155. The van der Waals surface area contributed by atoms with Gasteiger partial charge in [-0.05, 0) is 97.2 Å². The Morgan fingerprint density at radius 2 is 0.660 bits per heavy atom. The maximum Gasteiger partial charge on any atom is 0.0540 e. The van der Waals surface area contributed by atoms with Gasteiger partial charge in [-0.25, -0.2) is 0 Å². The molecular formula is C52H37N. The van der Waals surface area contributed by atoms with Crippen molar-refractivity contribution in [2.24, 2.45) is 0 Å². The summed E-state index contributed by atoms with van der Waals surface area (Å²) >= 11 is 0. The molecule has 53 heavy (non-hydrogen) atoms. The molecule has 0 aliphatic carbocycles. The number of hydrogen-bond acceptors (Lipinski definition) is 1. The first-order valence-corrected chi connectivity index (χ1v) is 18.2. The van der Waals surface area contributed by atoms with Crippen LogP contribution in [0.2, 0.25) is 0 Å². The zero-order chi connectivity index (χ0) is 35.4. The average Bonchev–Trinajstić information content (AvgIpc) is 3.25. The van der Waals surface area contributed by atoms with Crippen molar-refractivity contribution in [3.05, 3.63) is 224 Å². The highest BCUT2D eigenvalue weighted by molar-refractivity contribution is 5.99. The lowest BCUT2D eigenvalue weighted by atomic mass is 9.88. The normalized spacial score (nSPS) is 11.0. The lowest BCUT2D eigenvalue weighted by molar-refractivity contribution is 1.29. The van der Waals surface area contributed by atoms with Gasteiger partial charge in [-0.1, -0.05) is 188 Å². The Kier molecular flexibility index (Phi) is 8.66. The number of nitrogens with zero attached hydrogens (tertiary/aromatic N) is 1. The third-order valence-electron chi connectivity index (χ3n) is 10.0. The van der Waals surface area contributed by atoms with Crippen LogP contribution in [0.5, 0.6) is 0 Å². The Morgan fingerprint density at radius 3 is 1.26 bits per heavy atom. The zero-order valence-corrected chi connectivity index (χ0v) is 29.3. The summed E-state index contributed by atoms with van der Waals surface area (Å²) in [4.78, 5) is 2.44. The second-order valence-electron chi connectivity index (χ2n) is 13.3. The highest BCUT2D eigenvalue weighted by atomic mass is 15.1. The number of fused-ring (bicyclic) bond motifs is 1. The summed E-state index contributed by atoms with van der Waals surface area (Å²) in [7, 11) is 0. The molecule has 0 bridgehead atoms. The second-order valence-corrected chi connectivity index (χ2v) is 13.3. The summed E-state index contributed by atoms with van der Waals surface area (Å²) in [6, 6.07) is 81.0. The van der Waals surface area contributed by atoms with Crippen LogP contribution in [0, 0.1) is 0 Å². The fourth-order valence-corrected chi connectivity index (χ4v) is 7.51. The molecule has 0 heterocycles. The minimum absolute atomic E-state index is 1.09. The summed E-state index contributed by atoms with van der Waals surface area (Å²) in [6.45, 7) is 0. The monoisotopic (exact) mass is 675 g/mol. The number of rotatable bonds is 8. The maximum atomic E-state index is 2.44. The van der Waals surface area contributed by atoms with Gasteiger partial charge in [0.1, 0.15) is 0 Å². The molecule has 9 rings (SSSR count). The van der Waals surface area contributed by atoms with E-state index in [2.05, 4.69) is 229 Å². The molecule has 9 aromatic rings. The predicted octanol–water partition coefficient (Wildman–Crippen LogP) is 14.6. The highest BCUT2D eigenvalue weighted by Crippen LogP contribution is 2.47. The first kappa shape index (κ1) is 32.0. The summed E-state index contributed by atoms with van der Waals surface area (Å²) in [5.74, 6) is 0. The first-order chi connectivity index (χ1) is 26.3. The van der Waals surface area contributed by atoms with Crippen LogP contribution in [0.15, 0.2) is 224 Å². The van der Waals surface area contributed by atoms with E-state index in [-0.39, 0.29) is 0 Å². The third-order valence-corrected chi connectivity index (χ3v) is 10.0. The Bertz CT molecular complexity index is 2600. The van der Waals surface area contributed by atoms with Gasteiger partial charge in [-0.2, -0.15) is 0 Å². The number of hydrogen-bond donors (Lipinski definition) is 0. The number of para-hydroxylation sites is 1. The molecule has 0 radical (unpaired) electrons. The molecule has 0 saturated heterocycles. The van der Waals surface area contributed by atoms with Crippen LogP contribution in [-0.2, 0) is 0 Å². The largest absolute Gasteiger partial charge is 0.310 e. The lowest BCUT2D eigenvalue weighted by Gasteiger charge is -2.30. The van der Waals surface area contributed by atoms with E-state index in [0.29, 0.717) is 0 Å². The van der Waals surface area contributed by atoms with Gasteiger partial charge in [0, 0.05) is 16.9 Å². The SMILES string of the molecule is c1ccc(-c2cc(-c3ccccc3)cc(N(c3ccc4ccccc4c3)c3ccccc3-c3ccccc3-c3ccccc3-c3ccccc3)c2)cc1. The molecule has 1 heteroatoms.